The van der Waals surface area contributed by atoms with Gasteiger partial charge in [0.2, 0.25) is 5.91 Å². The maximum atomic E-state index is 13.1. The Morgan fingerprint density at radius 1 is 1.17 bits per heavy atom. The zero-order chi connectivity index (χ0) is 16.4. The number of hydrogen-bond acceptors (Lipinski definition) is 3. The van der Waals surface area contributed by atoms with Crippen LogP contribution in [0, 0.1) is 5.82 Å². The van der Waals surface area contributed by atoms with Crippen LogP contribution in [0.3, 0.4) is 0 Å². The van der Waals surface area contributed by atoms with Gasteiger partial charge in [-0.1, -0.05) is 0 Å². The number of carbonyl (C=O) groups excluding carboxylic acids is 2. The summed E-state index contributed by atoms with van der Waals surface area (Å²) in [4.78, 5) is 29.0. The van der Waals surface area contributed by atoms with E-state index in [0.717, 1.165) is 12.8 Å². The lowest BCUT2D eigenvalue weighted by Crippen LogP contribution is -2.61. The molecule has 2 aliphatic rings. The summed E-state index contributed by atoms with van der Waals surface area (Å²) in [6.45, 7) is 1.39. The lowest BCUT2D eigenvalue weighted by Gasteiger charge is -2.44. The summed E-state index contributed by atoms with van der Waals surface area (Å²) >= 11 is 0. The number of halogens is 1. The molecule has 0 aliphatic carbocycles. The second-order valence-corrected chi connectivity index (χ2v) is 6.22. The number of aliphatic hydroxyl groups excluding tert-OH is 1. The third kappa shape index (κ3) is 2.72. The number of amides is 2. The van der Waals surface area contributed by atoms with Crippen molar-refractivity contribution in [3.63, 3.8) is 0 Å². The van der Waals surface area contributed by atoms with Crippen LogP contribution in [0.1, 0.15) is 36.0 Å². The third-order valence-electron chi connectivity index (χ3n) is 4.90. The van der Waals surface area contributed by atoms with Gasteiger partial charge in [0, 0.05) is 25.2 Å². The summed E-state index contributed by atoms with van der Waals surface area (Å²) in [6, 6.07) is 5.44. The van der Waals surface area contributed by atoms with E-state index < -0.39 is 5.54 Å². The molecule has 2 heterocycles. The molecular formula is C17H21FN2O3. The number of β-amino-alcohol motifs (C(OH)–C–C–N with tert-alkyl or cyclic N) is 1. The van der Waals surface area contributed by atoms with Crippen LogP contribution in [0.4, 0.5) is 4.39 Å². The number of benzene rings is 1. The number of carbonyl (C=O) groups is 2. The Morgan fingerprint density at radius 2 is 1.83 bits per heavy atom. The van der Waals surface area contributed by atoms with E-state index in [1.807, 2.05) is 0 Å². The minimum atomic E-state index is -0.793. The van der Waals surface area contributed by atoms with Gasteiger partial charge >= 0.3 is 0 Å². The minimum Gasteiger partial charge on any atom is -0.395 e. The molecule has 1 aromatic rings. The molecule has 3 rings (SSSR count). The first-order valence-electron chi connectivity index (χ1n) is 8.06. The molecule has 1 spiro atoms. The predicted molar refractivity (Wildman–Crippen MR) is 82.3 cm³/mol. The zero-order valence-electron chi connectivity index (χ0n) is 13.0. The van der Waals surface area contributed by atoms with Crippen molar-refractivity contribution < 1.29 is 19.1 Å². The summed E-state index contributed by atoms with van der Waals surface area (Å²) in [6.07, 6.45) is 2.91. The quantitative estimate of drug-likeness (QED) is 0.916. The molecule has 2 saturated heterocycles. The van der Waals surface area contributed by atoms with Gasteiger partial charge in [-0.15, -0.1) is 0 Å². The lowest BCUT2D eigenvalue weighted by molar-refractivity contribution is -0.146. The fraction of sp³-hybridized carbons (Fsp3) is 0.529. The van der Waals surface area contributed by atoms with E-state index in [0.29, 0.717) is 38.0 Å². The summed E-state index contributed by atoms with van der Waals surface area (Å²) < 4.78 is 13.1. The summed E-state index contributed by atoms with van der Waals surface area (Å²) in [5.41, 5.74) is -0.390. The molecule has 2 aliphatic heterocycles. The van der Waals surface area contributed by atoms with Gasteiger partial charge in [-0.05, 0) is 49.9 Å². The van der Waals surface area contributed by atoms with Crippen molar-refractivity contribution in [3.8, 4) is 0 Å². The molecule has 1 N–H and O–H groups in total. The Bertz CT molecular complexity index is 602. The summed E-state index contributed by atoms with van der Waals surface area (Å²) in [5, 5.41) is 9.14. The van der Waals surface area contributed by atoms with Gasteiger partial charge in [0.25, 0.3) is 5.91 Å². The molecule has 1 unspecified atom stereocenters. The third-order valence-corrected chi connectivity index (χ3v) is 4.90. The predicted octanol–water partition coefficient (Wildman–Crippen LogP) is 1.42. The van der Waals surface area contributed by atoms with Crippen LogP contribution in [0.5, 0.6) is 0 Å². The average molecular weight is 320 g/mol. The van der Waals surface area contributed by atoms with Gasteiger partial charge in [-0.25, -0.2) is 4.39 Å². The van der Waals surface area contributed by atoms with E-state index in [1.165, 1.54) is 24.3 Å². The van der Waals surface area contributed by atoms with E-state index in [-0.39, 0.29) is 24.2 Å². The molecular weight excluding hydrogens is 299 g/mol. The standard InChI is InChI=1S/C17H21FN2O3/c18-14-5-3-13(4-6-14)15(22)20-10-2-8-17(20)7-1-9-19(11-12-21)16(17)23/h3-6,21H,1-2,7-12H2. The van der Waals surface area contributed by atoms with E-state index in [9.17, 15) is 14.0 Å². The number of likely N-dealkylation sites (tertiary alicyclic amines) is 2. The second-order valence-electron chi connectivity index (χ2n) is 6.22. The van der Waals surface area contributed by atoms with Gasteiger partial charge in [-0.2, -0.15) is 0 Å². The number of hydrogen-bond donors (Lipinski definition) is 1. The topological polar surface area (TPSA) is 60.9 Å². The zero-order valence-corrected chi connectivity index (χ0v) is 13.0. The number of rotatable bonds is 3. The van der Waals surface area contributed by atoms with Crippen LogP contribution in [0.15, 0.2) is 24.3 Å². The fourth-order valence-electron chi connectivity index (χ4n) is 3.80. The Morgan fingerprint density at radius 3 is 2.48 bits per heavy atom. The van der Waals surface area contributed by atoms with Gasteiger partial charge < -0.3 is 14.9 Å². The lowest BCUT2D eigenvalue weighted by atomic mass is 9.85. The van der Waals surface area contributed by atoms with Crippen LogP contribution >= 0.6 is 0 Å². The second kappa shape index (κ2) is 6.28. The van der Waals surface area contributed by atoms with Gasteiger partial charge in [0.15, 0.2) is 0 Å². The maximum absolute atomic E-state index is 13.1. The van der Waals surface area contributed by atoms with Gasteiger partial charge in [0.05, 0.1) is 6.61 Å². The maximum Gasteiger partial charge on any atom is 0.254 e. The van der Waals surface area contributed by atoms with Crippen LogP contribution in [-0.2, 0) is 4.79 Å². The highest BCUT2D eigenvalue weighted by atomic mass is 19.1. The van der Waals surface area contributed by atoms with Crippen LogP contribution in [-0.4, -0.2) is 58.5 Å². The Balaban J connectivity index is 1.88. The summed E-state index contributed by atoms with van der Waals surface area (Å²) in [7, 11) is 0. The van der Waals surface area contributed by atoms with Crippen molar-refractivity contribution in [3.05, 3.63) is 35.6 Å². The molecule has 23 heavy (non-hydrogen) atoms. The van der Waals surface area contributed by atoms with E-state index >= 15 is 0 Å². The van der Waals surface area contributed by atoms with Crippen molar-refractivity contribution in [2.24, 2.45) is 0 Å². The first-order chi connectivity index (χ1) is 11.1. The van der Waals surface area contributed by atoms with Crippen molar-refractivity contribution in [1.29, 1.82) is 0 Å². The Kier molecular flexibility index (Phi) is 4.35. The number of aliphatic hydroxyl groups is 1. The molecule has 0 aromatic heterocycles. The number of nitrogens with zero attached hydrogens (tertiary/aromatic N) is 2. The normalized spacial score (nSPS) is 24.5. The highest BCUT2D eigenvalue weighted by Crippen LogP contribution is 2.39. The van der Waals surface area contributed by atoms with E-state index in [2.05, 4.69) is 0 Å². The van der Waals surface area contributed by atoms with Crippen molar-refractivity contribution in [1.82, 2.24) is 9.80 Å². The van der Waals surface area contributed by atoms with Crippen molar-refractivity contribution in [2.75, 3.05) is 26.2 Å². The molecule has 5 nitrogen and oxygen atoms in total. The molecule has 0 bridgehead atoms. The molecule has 6 heteroatoms. The fourth-order valence-corrected chi connectivity index (χ4v) is 3.80. The minimum absolute atomic E-state index is 0.0641. The van der Waals surface area contributed by atoms with Crippen molar-refractivity contribution in [2.45, 2.75) is 31.2 Å². The molecule has 0 radical (unpaired) electrons. The van der Waals surface area contributed by atoms with E-state index in [1.54, 1.807) is 9.80 Å². The van der Waals surface area contributed by atoms with Crippen LogP contribution in [0.25, 0.3) is 0 Å². The Labute approximate surface area is 134 Å². The molecule has 124 valence electrons. The highest BCUT2D eigenvalue weighted by Gasteiger charge is 2.52. The van der Waals surface area contributed by atoms with Gasteiger partial charge in [0.1, 0.15) is 11.4 Å². The number of piperidine rings is 1. The smallest absolute Gasteiger partial charge is 0.254 e. The first-order valence-corrected chi connectivity index (χ1v) is 8.06. The molecule has 2 fully saturated rings. The van der Waals surface area contributed by atoms with E-state index in [4.69, 9.17) is 5.11 Å². The first kappa shape index (κ1) is 15.9. The summed E-state index contributed by atoms with van der Waals surface area (Å²) in [5.74, 6) is -0.673. The Hall–Kier alpha value is -1.95. The molecule has 1 atom stereocenters. The average Bonchev–Trinajstić information content (AvgIpc) is 2.97. The van der Waals surface area contributed by atoms with Crippen molar-refractivity contribution >= 4 is 11.8 Å². The highest BCUT2D eigenvalue weighted by molar-refractivity contribution is 6.00. The molecule has 2 amide bonds. The molecule has 1 aromatic carbocycles. The van der Waals surface area contributed by atoms with Crippen LogP contribution in [0.2, 0.25) is 0 Å². The monoisotopic (exact) mass is 320 g/mol. The van der Waals surface area contributed by atoms with Gasteiger partial charge in [-0.3, -0.25) is 9.59 Å². The molecule has 0 saturated carbocycles. The SMILES string of the molecule is O=C(c1ccc(F)cc1)N1CCCC12CCCN(CCO)C2=O. The largest absolute Gasteiger partial charge is 0.395 e. The van der Waals surface area contributed by atoms with Crippen LogP contribution < -0.4 is 0 Å².